The summed E-state index contributed by atoms with van der Waals surface area (Å²) in [7, 11) is 0. The van der Waals surface area contributed by atoms with E-state index >= 15 is 0 Å². The largest absolute Gasteiger partial charge is 0.307 e. The highest BCUT2D eigenvalue weighted by atomic mass is 15.0. The Balaban J connectivity index is 1.45. The summed E-state index contributed by atoms with van der Waals surface area (Å²) in [6.45, 7) is 2.30. The zero-order valence-corrected chi connectivity index (χ0v) is 11.8. The Morgan fingerprint density at radius 2 is 1.89 bits per heavy atom. The van der Waals surface area contributed by atoms with Crippen LogP contribution in [0.5, 0.6) is 0 Å². The molecule has 0 spiro atoms. The van der Waals surface area contributed by atoms with Gasteiger partial charge >= 0.3 is 0 Å². The summed E-state index contributed by atoms with van der Waals surface area (Å²) in [4.78, 5) is 4.11. The first-order valence-electron chi connectivity index (χ1n) is 7.99. The smallest absolute Gasteiger partial charge is 0.0295 e. The molecular weight excluding hydrogens is 232 g/mol. The van der Waals surface area contributed by atoms with Crippen molar-refractivity contribution in [3.63, 3.8) is 0 Å². The van der Waals surface area contributed by atoms with Crippen LogP contribution in [0.2, 0.25) is 0 Å². The standard InChI is InChI=1S/C17H24N2/c1-11(12-5-7-18-8-6-12)19-17-10-13-9-16(17)15-4-2-3-14(13)15/h5-8,11,13-17,19H,2-4,9-10H2,1H3. The monoisotopic (exact) mass is 256 g/mol. The molecule has 2 nitrogen and oxygen atoms in total. The number of rotatable bonds is 3. The molecule has 0 amide bonds. The van der Waals surface area contributed by atoms with Crippen molar-refractivity contribution < 1.29 is 0 Å². The van der Waals surface area contributed by atoms with E-state index < -0.39 is 0 Å². The Kier molecular flexibility index (Phi) is 2.87. The first-order chi connectivity index (χ1) is 9.33. The fourth-order valence-corrected chi connectivity index (χ4v) is 5.33. The van der Waals surface area contributed by atoms with Crippen molar-refractivity contribution >= 4 is 0 Å². The average Bonchev–Trinajstić information content (AvgIpc) is 3.11. The van der Waals surface area contributed by atoms with E-state index in [0.717, 1.165) is 29.7 Å². The third-order valence-electron chi connectivity index (χ3n) is 6.10. The van der Waals surface area contributed by atoms with Crippen molar-refractivity contribution in [2.45, 2.75) is 51.1 Å². The van der Waals surface area contributed by atoms with E-state index in [9.17, 15) is 0 Å². The molecule has 2 heteroatoms. The lowest BCUT2D eigenvalue weighted by atomic mass is 9.79. The van der Waals surface area contributed by atoms with Gasteiger partial charge in [-0.15, -0.1) is 0 Å². The highest BCUT2D eigenvalue weighted by Crippen LogP contribution is 2.58. The maximum absolute atomic E-state index is 4.11. The number of nitrogens with one attached hydrogen (secondary N) is 1. The van der Waals surface area contributed by atoms with Crippen LogP contribution >= 0.6 is 0 Å². The number of pyridine rings is 1. The van der Waals surface area contributed by atoms with Gasteiger partial charge in [-0.1, -0.05) is 6.42 Å². The fraction of sp³-hybridized carbons (Fsp3) is 0.706. The number of hydrogen-bond donors (Lipinski definition) is 1. The van der Waals surface area contributed by atoms with Crippen molar-refractivity contribution in [2.24, 2.45) is 23.7 Å². The molecule has 0 saturated heterocycles. The Morgan fingerprint density at radius 1 is 1.11 bits per heavy atom. The van der Waals surface area contributed by atoms with Crippen LogP contribution in [0.4, 0.5) is 0 Å². The van der Waals surface area contributed by atoms with Gasteiger partial charge in [0.05, 0.1) is 0 Å². The predicted octanol–water partition coefficient (Wildman–Crippen LogP) is 3.56. The van der Waals surface area contributed by atoms with E-state index in [-0.39, 0.29) is 0 Å². The molecule has 19 heavy (non-hydrogen) atoms. The molecule has 3 aliphatic rings. The van der Waals surface area contributed by atoms with Crippen molar-refractivity contribution in [1.29, 1.82) is 0 Å². The SMILES string of the molecule is CC(NC1CC2CC1C1CCCC21)c1ccncc1. The summed E-state index contributed by atoms with van der Waals surface area (Å²) in [5.41, 5.74) is 1.38. The second-order valence-corrected chi connectivity index (χ2v) is 6.93. The number of hydrogen-bond acceptors (Lipinski definition) is 2. The maximum Gasteiger partial charge on any atom is 0.0295 e. The summed E-state index contributed by atoms with van der Waals surface area (Å²) < 4.78 is 0. The van der Waals surface area contributed by atoms with E-state index in [2.05, 4.69) is 29.4 Å². The minimum absolute atomic E-state index is 0.465. The number of aromatic nitrogens is 1. The van der Waals surface area contributed by atoms with Gasteiger partial charge in [0.1, 0.15) is 0 Å². The normalized spacial score (nSPS) is 41.4. The molecule has 0 radical (unpaired) electrons. The molecule has 1 N–H and O–H groups in total. The quantitative estimate of drug-likeness (QED) is 0.894. The van der Waals surface area contributed by atoms with Crippen LogP contribution in [0.15, 0.2) is 24.5 Å². The van der Waals surface area contributed by atoms with Crippen molar-refractivity contribution in [3.05, 3.63) is 30.1 Å². The zero-order chi connectivity index (χ0) is 12.8. The molecule has 0 aliphatic heterocycles. The number of fused-ring (bicyclic) bond motifs is 5. The molecule has 1 aromatic heterocycles. The molecule has 3 aliphatic carbocycles. The van der Waals surface area contributed by atoms with Gasteiger partial charge < -0.3 is 5.32 Å². The summed E-state index contributed by atoms with van der Waals surface area (Å²) in [6, 6.07) is 5.52. The second kappa shape index (κ2) is 4.59. The lowest BCUT2D eigenvalue weighted by molar-refractivity contribution is 0.200. The molecule has 3 saturated carbocycles. The van der Waals surface area contributed by atoms with Crippen LogP contribution < -0.4 is 5.32 Å². The highest BCUT2D eigenvalue weighted by Gasteiger charge is 2.53. The zero-order valence-electron chi connectivity index (χ0n) is 11.8. The van der Waals surface area contributed by atoms with Crippen LogP contribution in [0.3, 0.4) is 0 Å². The third kappa shape index (κ3) is 1.92. The minimum Gasteiger partial charge on any atom is -0.307 e. The minimum atomic E-state index is 0.465. The maximum atomic E-state index is 4.11. The highest BCUT2D eigenvalue weighted by molar-refractivity contribution is 5.15. The third-order valence-corrected chi connectivity index (χ3v) is 6.10. The first kappa shape index (κ1) is 11.9. The number of nitrogens with zero attached hydrogens (tertiary/aromatic N) is 1. The lowest BCUT2D eigenvalue weighted by Crippen LogP contribution is -2.40. The molecule has 3 fully saturated rings. The first-order valence-corrected chi connectivity index (χ1v) is 7.99. The molecule has 1 heterocycles. The van der Waals surface area contributed by atoms with Crippen LogP contribution in [-0.2, 0) is 0 Å². The van der Waals surface area contributed by atoms with Gasteiger partial charge in [-0.05, 0) is 74.0 Å². The molecule has 6 atom stereocenters. The Hall–Kier alpha value is -0.890. The van der Waals surface area contributed by atoms with E-state index in [0.29, 0.717) is 6.04 Å². The van der Waals surface area contributed by atoms with Crippen molar-refractivity contribution in [2.75, 3.05) is 0 Å². The fourth-order valence-electron chi connectivity index (χ4n) is 5.33. The van der Waals surface area contributed by atoms with Gasteiger partial charge in [-0.3, -0.25) is 4.98 Å². The molecular formula is C17H24N2. The van der Waals surface area contributed by atoms with Crippen LogP contribution in [-0.4, -0.2) is 11.0 Å². The predicted molar refractivity (Wildman–Crippen MR) is 76.6 cm³/mol. The molecule has 1 aromatic rings. The molecule has 102 valence electrons. The lowest BCUT2D eigenvalue weighted by Gasteiger charge is -2.34. The summed E-state index contributed by atoms with van der Waals surface area (Å²) in [6.07, 6.45) is 11.3. The van der Waals surface area contributed by atoms with Crippen LogP contribution in [0.25, 0.3) is 0 Å². The van der Waals surface area contributed by atoms with Crippen molar-refractivity contribution in [3.8, 4) is 0 Å². The van der Waals surface area contributed by atoms with Crippen molar-refractivity contribution in [1.82, 2.24) is 10.3 Å². The van der Waals surface area contributed by atoms with E-state index in [1.807, 2.05) is 12.4 Å². The summed E-state index contributed by atoms with van der Waals surface area (Å²) >= 11 is 0. The molecule has 0 aromatic carbocycles. The second-order valence-electron chi connectivity index (χ2n) is 6.93. The van der Waals surface area contributed by atoms with E-state index in [1.54, 1.807) is 0 Å². The Labute approximate surface area is 116 Å². The average molecular weight is 256 g/mol. The topological polar surface area (TPSA) is 24.9 Å². The summed E-state index contributed by atoms with van der Waals surface area (Å²) in [5.74, 6) is 4.17. The van der Waals surface area contributed by atoms with Crippen LogP contribution in [0.1, 0.15) is 50.6 Å². The Morgan fingerprint density at radius 3 is 2.74 bits per heavy atom. The molecule has 4 rings (SSSR count). The van der Waals surface area contributed by atoms with Gasteiger partial charge in [0.2, 0.25) is 0 Å². The van der Waals surface area contributed by atoms with E-state index in [4.69, 9.17) is 0 Å². The van der Waals surface area contributed by atoms with E-state index in [1.165, 1.54) is 37.7 Å². The van der Waals surface area contributed by atoms with Gasteiger partial charge in [0, 0.05) is 24.5 Å². The summed E-state index contributed by atoms with van der Waals surface area (Å²) in [5, 5.41) is 3.91. The van der Waals surface area contributed by atoms with Gasteiger partial charge in [-0.25, -0.2) is 0 Å². The molecule has 2 bridgehead atoms. The van der Waals surface area contributed by atoms with Crippen LogP contribution in [0, 0.1) is 23.7 Å². The van der Waals surface area contributed by atoms with Gasteiger partial charge in [-0.2, -0.15) is 0 Å². The van der Waals surface area contributed by atoms with Gasteiger partial charge in [0.25, 0.3) is 0 Å². The molecule has 6 unspecified atom stereocenters. The Bertz CT molecular complexity index is 444. The van der Waals surface area contributed by atoms with Gasteiger partial charge in [0.15, 0.2) is 0 Å².